The van der Waals surface area contributed by atoms with Crippen molar-refractivity contribution >= 4 is 28.2 Å². The lowest BCUT2D eigenvalue weighted by Crippen LogP contribution is -2.29. The molecule has 1 atom stereocenters. The second-order valence-corrected chi connectivity index (χ2v) is 8.19. The molecule has 2 aliphatic rings. The number of aliphatic hydroxyl groups excluding tert-OH is 1. The quantitative estimate of drug-likeness (QED) is 0.272. The molecule has 34 heavy (non-hydrogen) atoms. The molecule has 0 saturated carbocycles. The smallest absolute Gasteiger partial charge is 0.296 e. The molecule has 0 bridgehead atoms. The summed E-state index contributed by atoms with van der Waals surface area (Å²) in [6.07, 6.45) is 1.48. The van der Waals surface area contributed by atoms with Crippen molar-refractivity contribution in [2.75, 3.05) is 6.79 Å². The Morgan fingerprint density at radius 1 is 0.912 bits per heavy atom. The number of Topliss-reactive ketones (excluding diaryl/α,β-unsaturated/α-hetero) is 1. The minimum atomic E-state index is -0.869. The number of nitrogens with zero attached hydrogens (tertiary/aromatic N) is 1. The van der Waals surface area contributed by atoms with Gasteiger partial charge in [0.1, 0.15) is 17.6 Å². The molecule has 1 aromatic heterocycles. The van der Waals surface area contributed by atoms with E-state index in [-0.39, 0.29) is 24.7 Å². The van der Waals surface area contributed by atoms with Gasteiger partial charge in [-0.25, -0.2) is 0 Å². The number of likely N-dealkylation sites (tertiary alicyclic amines) is 1. The number of ketones is 1. The Hall–Kier alpha value is -4.52. The van der Waals surface area contributed by atoms with Crippen LogP contribution in [0.1, 0.15) is 22.9 Å². The van der Waals surface area contributed by atoms with Gasteiger partial charge < -0.3 is 23.9 Å². The van der Waals surface area contributed by atoms with Crippen molar-refractivity contribution in [3.8, 4) is 11.5 Å². The van der Waals surface area contributed by atoms with E-state index in [4.69, 9.17) is 13.9 Å². The summed E-state index contributed by atoms with van der Waals surface area (Å²) in [5.41, 5.74) is 1.21. The van der Waals surface area contributed by atoms with Crippen LogP contribution in [0.2, 0.25) is 0 Å². The topological polar surface area (TPSA) is 89.2 Å². The van der Waals surface area contributed by atoms with E-state index in [1.807, 2.05) is 36.4 Å². The molecule has 3 heterocycles. The lowest BCUT2D eigenvalue weighted by atomic mass is 9.97. The standard InChI is InChI=1S/C27H19NO6/c29-25(19-9-8-17-4-1-2-5-18(17)13-19)23-24(21-6-3-11-32-21)28(27(31)26(23)30)14-16-7-10-20-22(12-16)34-15-33-20/h1-13,24,29H,14-15H2/b25-23-. The minimum Gasteiger partial charge on any atom is -0.507 e. The van der Waals surface area contributed by atoms with Crippen molar-refractivity contribution in [3.05, 3.63) is 102 Å². The molecule has 1 amide bonds. The average Bonchev–Trinajstić information content (AvgIpc) is 3.60. The third-order valence-electron chi connectivity index (χ3n) is 6.17. The first-order valence-electron chi connectivity index (χ1n) is 10.8. The molecule has 1 fully saturated rings. The van der Waals surface area contributed by atoms with Crippen LogP contribution in [0.5, 0.6) is 11.5 Å². The summed E-state index contributed by atoms with van der Waals surface area (Å²) < 4.78 is 16.4. The van der Waals surface area contributed by atoms with Gasteiger partial charge in [0.15, 0.2) is 11.5 Å². The van der Waals surface area contributed by atoms with Gasteiger partial charge in [0.25, 0.3) is 11.7 Å². The third-order valence-corrected chi connectivity index (χ3v) is 6.17. The Kier molecular flexibility index (Phi) is 4.62. The lowest BCUT2D eigenvalue weighted by Gasteiger charge is -2.23. The highest BCUT2D eigenvalue weighted by Crippen LogP contribution is 2.41. The van der Waals surface area contributed by atoms with Crippen molar-refractivity contribution in [2.24, 2.45) is 0 Å². The zero-order valence-electron chi connectivity index (χ0n) is 17.9. The summed E-state index contributed by atoms with van der Waals surface area (Å²) in [6, 6.07) is 21.0. The molecular formula is C27H19NO6. The largest absolute Gasteiger partial charge is 0.507 e. The molecule has 7 nitrogen and oxygen atoms in total. The summed E-state index contributed by atoms with van der Waals surface area (Å²) in [5, 5.41) is 13.2. The monoisotopic (exact) mass is 453 g/mol. The molecule has 4 aromatic rings. The van der Waals surface area contributed by atoms with Crippen LogP contribution in [-0.4, -0.2) is 28.5 Å². The van der Waals surface area contributed by atoms with Crippen LogP contribution < -0.4 is 9.47 Å². The van der Waals surface area contributed by atoms with Crippen molar-refractivity contribution in [2.45, 2.75) is 12.6 Å². The maximum absolute atomic E-state index is 13.2. The summed E-state index contributed by atoms with van der Waals surface area (Å²) >= 11 is 0. The van der Waals surface area contributed by atoms with Crippen LogP contribution in [-0.2, 0) is 16.1 Å². The summed E-state index contributed by atoms with van der Waals surface area (Å²) in [7, 11) is 0. The average molecular weight is 453 g/mol. The first kappa shape index (κ1) is 20.1. The maximum atomic E-state index is 13.2. The van der Waals surface area contributed by atoms with E-state index in [0.717, 1.165) is 16.3 Å². The normalized spacial score (nSPS) is 18.7. The van der Waals surface area contributed by atoms with Crippen LogP contribution in [0, 0.1) is 0 Å². The van der Waals surface area contributed by atoms with Gasteiger partial charge in [0.05, 0.1) is 11.8 Å². The number of fused-ring (bicyclic) bond motifs is 2. The molecule has 6 rings (SSSR count). The van der Waals surface area contributed by atoms with Gasteiger partial charge in [-0.2, -0.15) is 0 Å². The maximum Gasteiger partial charge on any atom is 0.296 e. The van der Waals surface area contributed by atoms with E-state index < -0.39 is 17.7 Å². The third kappa shape index (κ3) is 3.21. The Morgan fingerprint density at radius 2 is 1.74 bits per heavy atom. The second-order valence-electron chi connectivity index (χ2n) is 8.19. The Bertz CT molecular complexity index is 1470. The van der Waals surface area contributed by atoms with Crippen molar-refractivity contribution in [1.29, 1.82) is 0 Å². The van der Waals surface area contributed by atoms with Crippen LogP contribution in [0.15, 0.2) is 89.0 Å². The number of carbonyl (C=O) groups excluding carboxylic acids is 2. The van der Waals surface area contributed by atoms with Crippen molar-refractivity contribution in [1.82, 2.24) is 4.90 Å². The highest BCUT2D eigenvalue weighted by molar-refractivity contribution is 6.46. The number of hydrogen-bond acceptors (Lipinski definition) is 6. The molecule has 3 aromatic carbocycles. The molecule has 0 radical (unpaired) electrons. The summed E-state index contributed by atoms with van der Waals surface area (Å²) in [5.74, 6) is -0.0975. The number of rotatable bonds is 4. The predicted octanol–water partition coefficient (Wildman–Crippen LogP) is 4.78. The molecular weight excluding hydrogens is 434 g/mol. The van der Waals surface area contributed by atoms with Crippen LogP contribution in [0.3, 0.4) is 0 Å². The fourth-order valence-electron chi connectivity index (χ4n) is 4.51. The predicted molar refractivity (Wildman–Crippen MR) is 123 cm³/mol. The summed E-state index contributed by atoms with van der Waals surface area (Å²) in [6.45, 7) is 0.266. The van der Waals surface area contributed by atoms with Gasteiger partial charge in [-0.15, -0.1) is 0 Å². The SMILES string of the molecule is O=C1C(=O)N(Cc2ccc3c(c2)OCO3)C(c2ccco2)/C1=C(/O)c1ccc2ccccc2c1. The summed E-state index contributed by atoms with van der Waals surface area (Å²) in [4.78, 5) is 27.7. The lowest BCUT2D eigenvalue weighted by molar-refractivity contribution is -0.140. The number of benzene rings is 3. The zero-order valence-corrected chi connectivity index (χ0v) is 17.9. The molecule has 7 heteroatoms. The number of amides is 1. The van der Waals surface area contributed by atoms with E-state index in [9.17, 15) is 14.7 Å². The van der Waals surface area contributed by atoms with Gasteiger partial charge in [-0.05, 0) is 46.7 Å². The van der Waals surface area contributed by atoms with Crippen molar-refractivity contribution < 1.29 is 28.6 Å². The van der Waals surface area contributed by atoms with Crippen LogP contribution in [0.25, 0.3) is 16.5 Å². The van der Waals surface area contributed by atoms with Gasteiger partial charge in [-0.1, -0.05) is 42.5 Å². The molecule has 168 valence electrons. The minimum absolute atomic E-state index is 0.00373. The highest BCUT2D eigenvalue weighted by atomic mass is 16.7. The zero-order chi connectivity index (χ0) is 23.2. The first-order chi connectivity index (χ1) is 16.6. The van der Waals surface area contributed by atoms with Crippen LogP contribution >= 0.6 is 0 Å². The fourth-order valence-corrected chi connectivity index (χ4v) is 4.51. The van der Waals surface area contributed by atoms with E-state index in [1.165, 1.54) is 11.2 Å². The van der Waals surface area contributed by atoms with E-state index in [1.54, 1.807) is 36.4 Å². The highest BCUT2D eigenvalue weighted by Gasteiger charge is 2.47. The molecule has 2 aliphatic heterocycles. The Morgan fingerprint density at radius 3 is 2.56 bits per heavy atom. The number of aliphatic hydroxyl groups is 1. The van der Waals surface area contributed by atoms with Crippen LogP contribution in [0.4, 0.5) is 0 Å². The molecule has 0 spiro atoms. The Balaban J connectivity index is 1.45. The second kappa shape index (κ2) is 7.81. The van der Waals surface area contributed by atoms with E-state index in [0.29, 0.717) is 22.8 Å². The molecule has 1 saturated heterocycles. The first-order valence-corrected chi connectivity index (χ1v) is 10.8. The molecule has 1 unspecified atom stereocenters. The number of furan rings is 1. The molecule has 1 N–H and O–H groups in total. The Labute approximate surface area is 194 Å². The van der Waals surface area contributed by atoms with Gasteiger partial charge in [0.2, 0.25) is 6.79 Å². The van der Waals surface area contributed by atoms with E-state index in [2.05, 4.69) is 0 Å². The number of ether oxygens (including phenoxy) is 2. The van der Waals surface area contributed by atoms with Gasteiger partial charge in [-0.3, -0.25) is 9.59 Å². The van der Waals surface area contributed by atoms with E-state index >= 15 is 0 Å². The fraction of sp³-hybridized carbons (Fsp3) is 0.111. The van der Waals surface area contributed by atoms with Crippen molar-refractivity contribution in [3.63, 3.8) is 0 Å². The molecule has 0 aliphatic carbocycles. The van der Waals surface area contributed by atoms with Gasteiger partial charge in [0, 0.05) is 12.1 Å². The number of hydrogen-bond donors (Lipinski definition) is 1. The van der Waals surface area contributed by atoms with Gasteiger partial charge >= 0.3 is 0 Å². The number of carbonyl (C=O) groups is 2.